The Morgan fingerprint density at radius 2 is 1.67 bits per heavy atom. The summed E-state index contributed by atoms with van der Waals surface area (Å²) in [7, 11) is 0. The van der Waals surface area contributed by atoms with Gasteiger partial charge in [-0.15, -0.1) is 0 Å². The number of aryl methyl sites for hydroxylation is 1. The van der Waals surface area contributed by atoms with Crippen LogP contribution in [0.5, 0.6) is 0 Å². The van der Waals surface area contributed by atoms with Gasteiger partial charge in [0.2, 0.25) is 5.89 Å². The zero-order chi connectivity index (χ0) is 13.0. The summed E-state index contributed by atoms with van der Waals surface area (Å²) in [5.74, 6) is 0.682. The van der Waals surface area contributed by atoms with E-state index in [-0.39, 0.29) is 0 Å². The third-order valence-electron chi connectivity index (χ3n) is 2.56. The van der Waals surface area contributed by atoms with E-state index < -0.39 is 0 Å². The molecule has 2 heteroatoms. The van der Waals surface area contributed by atoms with Gasteiger partial charge in [0, 0.05) is 5.56 Å². The van der Waals surface area contributed by atoms with Crippen LogP contribution in [0.1, 0.15) is 19.4 Å². The second-order valence-electron chi connectivity index (χ2n) is 3.86. The second kappa shape index (κ2) is 5.50. The number of hydrogen-bond acceptors (Lipinski definition) is 2. The molecule has 2 nitrogen and oxygen atoms in total. The zero-order valence-corrected chi connectivity index (χ0v) is 11.0. The van der Waals surface area contributed by atoms with Gasteiger partial charge in [0.15, 0.2) is 5.58 Å². The first-order chi connectivity index (χ1) is 8.83. The van der Waals surface area contributed by atoms with E-state index in [9.17, 15) is 0 Å². The Balaban J connectivity index is 0.000000574. The highest BCUT2D eigenvalue weighted by atomic mass is 16.3. The van der Waals surface area contributed by atoms with Gasteiger partial charge in [-0.2, -0.15) is 0 Å². The highest BCUT2D eigenvalue weighted by Crippen LogP contribution is 2.24. The van der Waals surface area contributed by atoms with Crippen LogP contribution >= 0.6 is 0 Å². The van der Waals surface area contributed by atoms with Crippen LogP contribution in [0.4, 0.5) is 0 Å². The Morgan fingerprint density at radius 1 is 0.944 bits per heavy atom. The Bertz CT molecular complexity index is 626. The Labute approximate surface area is 107 Å². The molecule has 0 aliphatic carbocycles. The monoisotopic (exact) mass is 239 g/mol. The molecule has 0 aliphatic rings. The predicted octanol–water partition coefficient (Wildman–Crippen LogP) is 4.83. The number of benzene rings is 2. The molecule has 18 heavy (non-hydrogen) atoms. The van der Waals surface area contributed by atoms with Crippen molar-refractivity contribution in [1.29, 1.82) is 0 Å². The number of nitrogens with zero attached hydrogens (tertiary/aromatic N) is 1. The summed E-state index contributed by atoms with van der Waals surface area (Å²) >= 11 is 0. The van der Waals surface area contributed by atoms with E-state index in [0.29, 0.717) is 5.89 Å². The van der Waals surface area contributed by atoms with E-state index in [1.54, 1.807) is 0 Å². The summed E-state index contributed by atoms with van der Waals surface area (Å²) in [5.41, 5.74) is 3.96. The van der Waals surface area contributed by atoms with Crippen LogP contribution in [0, 0.1) is 6.92 Å². The number of aromatic nitrogens is 1. The molecule has 0 N–H and O–H groups in total. The molecule has 1 heterocycles. The van der Waals surface area contributed by atoms with Crippen molar-refractivity contribution in [2.75, 3.05) is 0 Å². The fourth-order valence-corrected chi connectivity index (χ4v) is 1.74. The molecule has 0 amide bonds. The van der Waals surface area contributed by atoms with Crippen LogP contribution in [-0.4, -0.2) is 4.98 Å². The van der Waals surface area contributed by atoms with Gasteiger partial charge in [0.1, 0.15) is 5.52 Å². The molecular weight excluding hydrogens is 222 g/mol. The van der Waals surface area contributed by atoms with Gasteiger partial charge >= 0.3 is 0 Å². The molecule has 0 radical (unpaired) electrons. The van der Waals surface area contributed by atoms with Crippen molar-refractivity contribution in [3.63, 3.8) is 0 Å². The number of oxazole rings is 1. The highest BCUT2D eigenvalue weighted by molar-refractivity contribution is 5.76. The van der Waals surface area contributed by atoms with Crippen LogP contribution in [0.2, 0.25) is 0 Å². The molecule has 0 saturated heterocycles. The van der Waals surface area contributed by atoms with Gasteiger partial charge in [-0.25, -0.2) is 4.98 Å². The molecule has 2 aromatic carbocycles. The number of rotatable bonds is 1. The molecule has 3 aromatic rings. The van der Waals surface area contributed by atoms with E-state index in [4.69, 9.17) is 4.42 Å². The molecule has 0 atom stereocenters. The predicted molar refractivity (Wildman–Crippen MR) is 75.5 cm³/mol. The molecule has 0 spiro atoms. The first kappa shape index (κ1) is 12.4. The lowest BCUT2D eigenvalue weighted by Crippen LogP contribution is -1.75. The van der Waals surface area contributed by atoms with Gasteiger partial charge in [0.05, 0.1) is 0 Å². The summed E-state index contributed by atoms with van der Waals surface area (Å²) in [6.07, 6.45) is 0. The van der Waals surface area contributed by atoms with Crippen molar-refractivity contribution in [1.82, 2.24) is 4.98 Å². The normalized spacial score (nSPS) is 9.94. The van der Waals surface area contributed by atoms with Crippen LogP contribution < -0.4 is 0 Å². The van der Waals surface area contributed by atoms with Gasteiger partial charge < -0.3 is 4.42 Å². The van der Waals surface area contributed by atoms with Crippen molar-refractivity contribution in [2.45, 2.75) is 20.8 Å². The number of fused-ring (bicyclic) bond motifs is 1. The van der Waals surface area contributed by atoms with Gasteiger partial charge in [0.25, 0.3) is 0 Å². The first-order valence-electron chi connectivity index (χ1n) is 6.25. The molecule has 0 aliphatic heterocycles. The Kier molecular flexibility index (Phi) is 3.78. The third kappa shape index (κ3) is 2.43. The van der Waals surface area contributed by atoms with Crippen molar-refractivity contribution in [3.8, 4) is 11.5 Å². The van der Waals surface area contributed by atoms with Crippen LogP contribution in [-0.2, 0) is 0 Å². The standard InChI is InChI=1S/C14H11NO.C2H6/c1-10-7-8-13-12(9-10)15-14(16-13)11-5-3-2-4-6-11;1-2/h2-9H,1H3;1-2H3. The average Bonchev–Trinajstić information content (AvgIpc) is 2.85. The minimum absolute atomic E-state index is 0.682. The molecule has 0 unspecified atom stereocenters. The summed E-state index contributed by atoms with van der Waals surface area (Å²) in [4.78, 5) is 4.48. The van der Waals surface area contributed by atoms with Crippen LogP contribution in [0.3, 0.4) is 0 Å². The largest absolute Gasteiger partial charge is 0.436 e. The summed E-state index contributed by atoms with van der Waals surface area (Å²) in [5, 5.41) is 0. The van der Waals surface area contributed by atoms with Gasteiger partial charge in [-0.3, -0.25) is 0 Å². The van der Waals surface area contributed by atoms with Crippen LogP contribution in [0.15, 0.2) is 52.9 Å². The third-order valence-corrected chi connectivity index (χ3v) is 2.56. The topological polar surface area (TPSA) is 26.0 Å². The summed E-state index contributed by atoms with van der Waals surface area (Å²) in [6.45, 7) is 6.05. The molecule has 0 fully saturated rings. The zero-order valence-electron chi connectivity index (χ0n) is 11.0. The highest BCUT2D eigenvalue weighted by Gasteiger charge is 2.06. The van der Waals surface area contributed by atoms with E-state index in [1.807, 2.05) is 62.4 Å². The number of hydrogen-bond donors (Lipinski definition) is 0. The minimum atomic E-state index is 0.682. The van der Waals surface area contributed by atoms with Crippen molar-refractivity contribution >= 4 is 11.1 Å². The fourth-order valence-electron chi connectivity index (χ4n) is 1.74. The van der Waals surface area contributed by atoms with E-state index >= 15 is 0 Å². The summed E-state index contributed by atoms with van der Waals surface area (Å²) < 4.78 is 5.70. The Morgan fingerprint density at radius 3 is 2.39 bits per heavy atom. The maximum absolute atomic E-state index is 5.70. The van der Waals surface area contributed by atoms with Crippen molar-refractivity contribution < 1.29 is 4.42 Å². The molecule has 3 rings (SSSR count). The van der Waals surface area contributed by atoms with Crippen molar-refractivity contribution in [2.24, 2.45) is 0 Å². The maximum Gasteiger partial charge on any atom is 0.227 e. The SMILES string of the molecule is CC.Cc1ccc2oc(-c3ccccc3)nc2c1. The van der Waals surface area contributed by atoms with Gasteiger partial charge in [-0.1, -0.05) is 38.1 Å². The van der Waals surface area contributed by atoms with Gasteiger partial charge in [-0.05, 0) is 36.8 Å². The Hall–Kier alpha value is -2.09. The molecule has 0 bridgehead atoms. The molecule has 92 valence electrons. The lowest BCUT2D eigenvalue weighted by molar-refractivity contribution is 0.620. The first-order valence-corrected chi connectivity index (χ1v) is 6.25. The van der Waals surface area contributed by atoms with E-state index in [0.717, 1.165) is 16.7 Å². The fraction of sp³-hybridized carbons (Fsp3) is 0.188. The lowest BCUT2D eigenvalue weighted by atomic mass is 10.2. The molecule has 0 saturated carbocycles. The lowest BCUT2D eigenvalue weighted by Gasteiger charge is -1.91. The smallest absolute Gasteiger partial charge is 0.227 e. The second-order valence-corrected chi connectivity index (χ2v) is 3.86. The minimum Gasteiger partial charge on any atom is -0.436 e. The average molecular weight is 239 g/mol. The van der Waals surface area contributed by atoms with Crippen molar-refractivity contribution in [3.05, 3.63) is 54.1 Å². The van der Waals surface area contributed by atoms with Crippen LogP contribution in [0.25, 0.3) is 22.6 Å². The van der Waals surface area contributed by atoms with E-state index in [1.165, 1.54) is 5.56 Å². The maximum atomic E-state index is 5.70. The molecule has 1 aromatic heterocycles. The molecular formula is C16H17NO. The van der Waals surface area contributed by atoms with E-state index in [2.05, 4.69) is 11.9 Å². The summed E-state index contributed by atoms with van der Waals surface area (Å²) in [6, 6.07) is 16.0. The quantitative estimate of drug-likeness (QED) is 0.608.